The van der Waals surface area contributed by atoms with E-state index in [1.54, 1.807) is 12.1 Å². The van der Waals surface area contributed by atoms with Crippen LogP contribution in [0, 0.1) is 0 Å². The van der Waals surface area contributed by atoms with Gasteiger partial charge in [-0.25, -0.2) is 4.90 Å². The zero-order valence-electron chi connectivity index (χ0n) is 13.2. The summed E-state index contributed by atoms with van der Waals surface area (Å²) in [5.41, 5.74) is 2.53. The molecule has 0 radical (unpaired) electrons. The molecule has 0 unspecified atom stereocenters. The maximum Gasteiger partial charge on any atom is 0.256 e. The number of rotatable bonds is 4. The standard InChI is InChI=1S/C18H19N3O2/c1-20(2)14-10-8-13(9-11-14)19-16-12-17(22)21(18(16)23)15-6-4-3-5-7-15/h3-11,16,19H,12H2,1-2H3/t16-/m1/s1. The Hall–Kier alpha value is -2.82. The van der Waals surface area contributed by atoms with Crippen LogP contribution in [0.25, 0.3) is 0 Å². The Labute approximate surface area is 135 Å². The molecule has 5 heteroatoms. The number of hydrogen-bond donors (Lipinski definition) is 1. The number of nitrogens with zero attached hydrogens (tertiary/aromatic N) is 2. The number of amides is 2. The number of anilines is 3. The van der Waals surface area contributed by atoms with Crippen molar-refractivity contribution in [1.82, 2.24) is 0 Å². The molecule has 1 atom stereocenters. The summed E-state index contributed by atoms with van der Waals surface area (Å²) in [6, 6.07) is 16.3. The first-order valence-electron chi connectivity index (χ1n) is 7.52. The molecule has 5 nitrogen and oxygen atoms in total. The number of imide groups is 1. The first-order chi connectivity index (χ1) is 11.1. The Kier molecular flexibility index (Phi) is 4.02. The Morgan fingerprint density at radius 3 is 2.26 bits per heavy atom. The predicted molar refractivity (Wildman–Crippen MR) is 91.7 cm³/mol. The molecule has 0 aliphatic carbocycles. The quantitative estimate of drug-likeness (QED) is 0.882. The summed E-state index contributed by atoms with van der Waals surface area (Å²) in [5, 5.41) is 3.16. The Morgan fingerprint density at radius 1 is 1.00 bits per heavy atom. The number of carbonyl (C=O) groups excluding carboxylic acids is 2. The van der Waals surface area contributed by atoms with Crippen molar-refractivity contribution in [2.45, 2.75) is 12.5 Å². The molecule has 2 amide bonds. The average Bonchev–Trinajstić information content (AvgIpc) is 2.82. The molecule has 0 bridgehead atoms. The van der Waals surface area contributed by atoms with Gasteiger partial charge in [0.25, 0.3) is 5.91 Å². The van der Waals surface area contributed by atoms with Crippen LogP contribution in [0.5, 0.6) is 0 Å². The summed E-state index contributed by atoms with van der Waals surface area (Å²) in [6.45, 7) is 0. The van der Waals surface area contributed by atoms with E-state index in [0.29, 0.717) is 5.69 Å². The van der Waals surface area contributed by atoms with Gasteiger partial charge < -0.3 is 10.2 Å². The molecule has 1 aliphatic rings. The Balaban J connectivity index is 1.75. The van der Waals surface area contributed by atoms with Crippen molar-refractivity contribution >= 4 is 28.9 Å². The van der Waals surface area contributed by atoms with E-state index in [1.807, 2.05) is 61.5 Å². The van der Waals surface area contributed by atoms with Crippen molar-refractivity contribution in [3.63, 3.8) is 0 Å². The third-order valence-corrected chi connectivity index (χ3v) is 3.89. The minimum absolute atomic E-state index is 0.170. The van der Waals surface area contributed by atoms with Crippen molar-refractivity contribution in [2.75, 3.05) is 29.2 Å². The topological polar surface area (TPSA) is 52.7 Å². The zero-order valence-corrected chi connectivity index (χ0v) is 13.2. The van der Waals surface area contributed by atoms with Crippen molar-refractivity contribution in [3.8, 4) is 0 Å². The fourth-order valence-corrected chi connectivity index (χ4v) is 2.65. The molecule has 1 aliphatic heterocycles. The van der Waals surface area contributed by atoms with Crippen LogP contribution in [-0.4, -0.2) is 32.0 Å². The molecular weight excluding hydrogens is 290 g/mol. The smallest absolute Gasteiger partial charge is 0.256 e. The molecule has 1 saturated heterocycles. The minimum atomic E-state index is -0.520. The maximum atomic E-state index is 12.5. The third kappa shape index (κ3) is 3.04. The van der Waals surface area contributed by atoms with E-state index in [4.69, 9.17) is 0 Å². The summed E-state index contributed by atoms with van der Waals surface area (Å²) in [6.07, 6.45) is 0.170. The van der Waals surface area contributed by atoms with Crippen LogP contribution in [0.2, 0.25) is 0 Å². The fraction of sp³-hybridized carbons (Fsp3) is 0.222. The lowest BCUT2D eigenvalue weighted by Gasteiger charge is -2.17. The van der Waals surface area contributed by atoms with Crippen LogP contribution in [-0.2, 0) is 9.59 Å². The van der Waals surface area contributed by atoms with Gasteiger partial charge in [-0.05, 0) is 36.4 Å². The lowest BCUT2D eigenvalue weighted by atomic mass is 10.2. The second-order valence-electron chi connectivity index (χ2n) is 5.75. The van der Waals surface area contributed by atoms with E-state index < -0.39 is 6.04 Å². The summed E-state index contributed by atoms with van der Waals surface area (Å²) >= 11 is 0. The van der Waals surface area contributed by atoms with E-state index >= 15 is 0 Å². The summed E-state index contributed by atoms with van der Waals surface area (Å²) in [4.78, 5) is 28.0. The second-order valence-corrected chi connectivity index (χ2v) is 5.75. The number of benzene rings is 2. The minimum Gasteiger partial charge on any atom is -0.378 e. The molecule has 1 fully saturated rings. The summed E-state index contributed by atoms with van der Waals surface area (Å²) in [7, 11) is 3.94. The highest BCUT2D eigenvalue weighted by Gasteiger charge is 2.39. The largest absolute Gasteiger partial charge is 0.378 e. The third-order valence-electron chi connectivity index (χ3n) is 3.89. The molecule has 1 heterocycles. The van der Waals surface area contributed by atoms with Crippen LogP contribution in [0.15, 0.2) is 54.6 Å². The van der Waals surface area contributed by atoms with E-state index in [9.17, 15) is 9.59 Å². The maximum absolute atomic E-state index is 12.5. The van der Waals surface area contributed by atoms with Gasteiger partial charge >= 0.3 is 0 Å². The molecule has 0 saturated carbocycles. The number of nitrogens with one attached hydrogen (secondary N) is 1. The van der Waals surface area contributed by atoms with Crippen molar-refractivity contribution in [3.05, 3.63) is 54.6 Å². The number of para-hydroxylation sites is 1. The lowest BCUT2D eigenvalue weighted by molar-refractivity contribution is -0.121. The van der Waals surface area contributed by atoms with Crippen LogP contribution in [0.3, 0.4) is 0 Å². The van der Waals surface area contributed by atoms with E-state index in [0.717, 1.165) is 11.4 Å². The van der Waals surface area contributed by atoms with Gasteiger partial charge in [0.2, 0.25) is 5.91 Å². The number of hydrogen-bond acceptors (Lipinski definition) is 4. The van der Waals surface area contributed by atoms with E-state index in [-0.39, 0.29) is 18.2 Å². The monoisotopic (exact) mass is 309 g/mol. The van der Waals surface area contributed by atoms with E-state index in [1.165, 1.54) is 4.90 Å². The summed E-state index contributed by atoms with van der Waals surface area (Å²) < 4.78 is 0. The highest BCUT2D eigenvalue weighted by molar-refractivity contribution is 6.23. The zero-order chi connectivity index (χ0) is 16.4. The van der Waals surface area contributed by atoms with Gasteiger partial charge in [-0.1, -0.05) is 18.2 Å². The van der Waals surface area contributed by atoms with Crippen LogP contribution in [0.1, 0.15) is 6.42 Å². The van der Waals surface area contributed by atoms with Crippen LogP contribution < -0.4 is 15.1 Å². The van der Waals surface area contributed by atoms with Crippen molar-refractivity contribution < 1.29 is 9.59 Å². The molecule has 2 aromatic carbocycles. The molecule has 1 N–H and O–H groups in total. The molecule has 0 aromatic heterocycles. The highest BCUT2D eigenvalue weighted by atomic mass is 16.2. The van der Waals surface area contributed by atoms with Gasteiger partial charge in [-0.3, -0.25) is 9.59 Å². The fourth-order valence-electron chi connectivity index (χ4n) is 2.65. The highest BCUT2D eigenvalue weighted by Crippen LogP contribution is 2.25. The average molecular weight is 309 g/mol. The molecule has 0 spiro atoms. The van der Waals surface area contributed by atoms with Gasteiger partial charge in [0, 0.05) is 25.5 Å². The molecular formula is C18H19N3O2. The normalized spacial score (nSPS) is 17.5. The Morgan fingerprint density at radius 2 is 1.65 bits per heavy atom. The van der Waals surface area contributed by atoms with E-state index in [2.05, 4.69) is 5.32 Å². The molecule has 23 heavy (non-hydrogen) atoms. The summed E-state index contributed by atoms with van der Waals surface area (Å²) in [5.74, 6) is -0.388. The second kappa shape index (κ2) is 6.12. The molecule has 118 valence electrons. The molecule has 3 rings (SSSR count). The van der Waals surface area contributed by atoms with Gasteiger partial charge in [-0.15, -0.1) is 0 Å². The molecule has 2 aromatic rings. The Bertz CT molecular complexity index is 711. The van der Waals surface area contributed by atoms with Gasteiger partial charge in [0.1, 0.15) is 6.04 Å². The predicted octanol–water partition coefficient (Wildman–Crippen LogP) is 2.50. The van der Waals surface area contributed by atoms with Gasteiger partial charge in [0.05, 0.1) is 12.1 Å². The number of carbonyl (C=O) groups is 2. The SMILES string of the molecule is CN(C)c1ccc(N[C@@H]2CC(=O)N(c3ccccc3)C2=O)cc1. The van der Waals surface area contributed by atoms with Gasteiger partial charge in [-0.2, -0.15) is 0 Å². The van der Waals surface area contributed by atoms with Gasteiger partial charge in [0.15, 0.2) is 0 Å². The van der Waals surface area contributed by atoms with Crippen molar-refractivity contribution in [2.24, 2.45) is 0 Å². The lowest BCUT2D eigenvalue weighted by Crippen LogP contribution is -2.34. The van der Waals surface area contributed by atoms with Crippen LogP contribution >= 0.6 is 0 Å². The van der Waals surface area contributed by atoms with Crippen molar-refractivity contribution in [1.29, 1.82) is 0 Å². The first-order valence-corrected chi connectivity index (χ1v) is 7.52. The first kappa shape index (κ1) is 15.1. The van der Waals surface area contributed by atoms with Crippen LogP contribution in [0.4, 0.5) is 17.1 Å².